The number of nitrogens with one attached hydrogen (secondary N) is 1. The lowest BCUT2D eigenvalue weighted by Gasteiger charge is -2.36. The number of aromatic nitrogens is 2. The van der Waals surface area contributed by atoms with Crippen LogP contribution in [0.2, 0.25) is 5.02 Å². The van der Waals surface area contributed by atoms with E-state index < -0.39 is 51.2 Å². The summed E-state index contributed by atoms with van der Waals surface area (Å²) < 4.78 is 2.82. The van der Waals surface area contributed by atoms with Crippen molar-refractivity contribution in [2.75, 3.05) is 4.90 Å². The Kier molecular flexibility index (Phi) is 5.99. The lowest BCUT2D eigenvalue weighted by molar-refractivity contribution is -0.132. The summed E-state index contributed by atoms with van der Waals surface area (Å²) in [4.78, 5) is 71.0. The minimum Gasteiger partial charge on any atom is -0.507 e. The predicted molar refractivity (Wildman–Crippen MR) is 155 cm³/mol. The second kappa shape index (κ2) is 9.15. The molecule has 1 unspecified atom stereocenters. The molecule has 1 fully saturated rings. The van der Waals surface area contributed by atoms with Crippen LogP contribution in [0.25, 0.3) is 11.4 Å². The Balaban J connectivity index is 1.72. The summed E-state index contributed by atoms with van der Waals surface area (Å²) in [5, 5.41) is 14.7. The number of rotatable bonds is 3. The van der Waals surface area contributed by atoms with Gasteiger partial charge in [-0.15, -0.1) is 0 Å². The minimum atomic E-state index is -2.40. The lowest BCUT2D eigenvalue weighted by Crippen LogP contribution is -2.57. The monoisotopic (exact) mass is 586 g/mol. The molecule has 1 aliphatic carbocycles. The number of halogens is 1. The highest BCUT2D eigenvalue weighted by atomic mass is 35.5. The molecule has 3 heterocycles. The number of hydrogen-bond donors (Lipinski definition) is 2. The number of allylic oxidation sites excluding steroid dienone is 1. The van der Waals surface area contributed by atoms with Crippen LogP contribution in [0.15, 0.2) is 76.2 Å². The number of anilines is 1. The van der Waals surface area contributed by atoms with E-state index >= 15 is 0 Å². The number of ketones is 2. The second-order valence-electron chi connectivity index (χ2n) is 11.6. The van der Waals surface area contributed by atoms with Crippen molar-refractivity contribution < 1.29 is 24.3 Å². The Morgan fingerprint density at radius 1 is 0.952 bits per heavy atom. The van der Waals surface area contributed by atoms with Gasteiger partial charge in [-0.2, -0.15) is 0 Å². The molecule has 0 bridgehead atoms. The maximum absolute atomic E-state index is 14.2. The molecule has 1 saturated heterocycles. The number of Topliss-reactive ketones (excluding diaryl/α,β-unsaturated/α-hetero) is 2. The lowest BCUT2D eigenvalue weighted by atomic mass is 9.70. The molecule has 2 aromatic carbocycles. The zero-order chi connectivity index (χ0) is 30.3. The van der Waals surface area contributed by atoms with E-state index in [1.165, 1.54) is 33.6 Å². The van der Waals surface area contributed by atoms with Crippen LogP contribution in [0.4, 0.5) is 5.69 Å². The van der Waals surface area contributed by atoms with Gasteiger partial charge in [-0.05, 0) is 55.2 Å². The summed E-state index contributed by atoms with van der Waals surface area (Å²) >= 11 is 6.03. The van der Waals surface area contributed by atoms with Crippen molar-refractivity contribution in [1.29, 1.82) is 0 Å². The van der Waals surface area contributed by atoms with Gasteiger partial charge in [0.2, 0.25) is 0 Å². The number of carbonyl (C=O) groups is 4. The molecule has 6 rings (SSSR count). The van der Waals surface area contributed by atoms with Gasteiger partial charge in [-0.3, -0.25) is 33.6 Å². The summed E-state index contributed by atoms with van der Waals surface area (Å²) in [6.45, 7) is 5.32. The Bertz CT molecular complexity index is 1860. The number of benzene rings is 2. The first kappa shape index (κ1) is 27.5. The van der Waals surface area contributed by atoms with Gasteiger partial charge < -0.3 is 10.4 Å². The second-order valence-corrected chi connectivity index (χ2v) is 12.0. The van der Waals surface area contributed by atoms with E-state index in [0.717, 1.165) is 4.90 Å². The van der Waals surface area contributed by atoms with E-state index in [-0.39, 0.29) is 41.1 Å². The summed E-state index contributed by atoms with van der Waals surface area (Å²) in [7, 11) is 1.61. The zero-order valence-corrected chi connectivity index (χ0v) is 24.1. The van der Waals surface area contributed by atoms with E-state index in [1.807, 2.05) is 13.8 Å². The number of para-hydroxylation sites is 1. The summed E-state index contributed by atoms with van der Waals surface area (Å²) in [6, 6.07) is 14.5. The van der Waals surface area contributed by atoms with Crippen LogP contribution in [0.3, 0.4) is 0 Å². The highest BCUT2D eigenvalue weighted by molar-refractivity contribution is 6.56. The number of aliphatic hydroxyl groups excluding tert-OH is 1. The standard InChI is InChI=1S/C31H27ClN4O6/c1-16-24(27(40)36(34(16)4)19-8-6-5-7-9-19)35-28(41)26(39)23(25(38)17-10-12-18(32)13-11-17)31(35)22-20(33-29(31)42)14-30(2,3)15-21(22)37/h5-13,38H,14-15H2,1-4H3,(H,33,42)/b25-23-. The molecule has 1 spiro atoms. The Labute approximate surface area is 245 Å². The fourth-order valence-electron chi connectivity index (χ4n) is 6.39. The molecule has 3 aromatic rings. The van der Waals surface area contributed by atoms with Gasteiger partial charge in [0.05, 0.1) is 22.5 Å². The maximum Gasteiger partial charge on any atom is 0.301 e. The summed E-state index contributed by atoms with van der Waals surface area (Å²) in [6.07, 6.45) is 0.296. The third-order valence-electron chi connectivity index (χ3n) is 8.25. The molecular weight excluding hydrogens is 560 g/mol. The number of fused-ring (bicyclic) bond motifs is 1. The van der Waals surface area contributed by atoms with Gasteiger partial charge in [0.25, 0.3) is 17.2 Å². The van der Waals surface area contributed by atoms with Crippen LogP contribution in [-0.4, -0.2) is 43.4 Å². The first-order chi connectivity index (χ1) is 19.8. The first-order valence-corrected chi connectivity index (χ1v) is 13.7. The molecule has 10 nitrogen and oxygen atoms in total. The smallest absolute Gasteiger partial charge is 0.301 e. The molecule has 0 saturated carbocycles. The maximum atomic E-state index is 14.2. The number of nitrogens with zero attached hydrogens (tertiary/aromatic N) is 3. The van der Waals surface area contributed by atoms with Crippen molar-refractivity contribution in [3.8, 4) is 5.69 Å². The molecule has 2 N–H and O–H groups in total. The normalized spacial score (nSPS) is 22.7. The molecule has 2 aliphatic heterocycles. The van der Waals surface area contributed by atoms with E-state index in [1.54, 1.807) is 44.3 Å². The number of carbonyl (C=O) groups excluding carboxylic acids is 4. The molecule has 1 aromatic heterocycles. The highest BCUT2D eigenvalue weighted by Gasteiger charge is 2.70. The Morgan fingerprint density at radius 3 is 2.24 bits per heavy atom. The number of aliphatic hydroxyl groups is 1. The van der Waals surface area contributed by atoms with Crippen molar-refractivity contribution in [3.63, 3.8) is 0 Å². The summed E-state index contributed by atoms with van der Waals surface area (Å²) in [5.41, 5.74) is -3.44. The van der Waals surface area contributed by atoms with Crippen molar-refractivity contribution >= 4 is 46.4 Å². The summed E-state index contributed by atoms with van der Waals surface area (Å²) in [5.74, 6) is -4.41. The SMILES string of the molecule is Cc1c(N2C(=O)C(=O)/C(=C(/O)c3ccc(Cl)cc3)C23C(=O)NC2=C3C(=O)CC(C)(C)C2)c(=O)n(-c2ccccc2)n1C. The van der Waals surface area contributed by atoms with Gasteiger partial charge in [-0.1, -0.05) is 43.6 Å². The van der Waals surface area contributed by atoms with Gasteiger partial charge in [0.1, 0.15) is 11.4 Å². The zero-order valence-electron chi connectivity index (χ0n) is 23.3. The van der Waals surface area contributed by atoms with E-state index in [4.69, 9.17) is 11.6 Å². The average Bonchev–Trinajstić information content (AvgIpc) is 3.42. The van der Waals surface area contributed by atoms with Gasteiger partial charge in [0, 0.05) is 29.8 Å². The average molecular weight is 587 g/mol. The Hall–Kier alpha value is -4.70. The predicted octanol–water partition coefficient (Wildman–Crippen LogP) is 3.53. The van der Waals surface area contributed by atoms with Crippen LogP contribution in [0.5, 0.6) is 0 Å². The van der Waals surface area contributed by atoms with Gasteiger partial charge >= 0.3 is 5.91 Å². The van der Waals surface area contributed by atoms with Crippen molar-refractivity contribution in [2.45, 2.75) is 39.2 Å². The number of hydrogen-bond acceptors (Lipinski definition) is 6. The topological polar surface area (TPSA) is 131 Å². The van der Waals surface area contributed by atoms with Crippen LogP contribution in [-0.2, 0) is 26.2 Å². The molecule has 2 amide bonds. The third-order valence-corrected chi connectivity index (χ3v) is 8.51. The molecule has 0 radical (unpaired) electrons. The van der Waals surface area contributed by atoms with Crippen LogP contribution in [0, 0.1) is 12.3 Å². The molecule has 11 heteroatoms. The van der Waals surface area contributed by atoms with Crippen molar-refractivity contribution in [3.05, 3.63) is 98.1 Å². The van der Waals surface area contributed by atoms with Crippen LogP contribution < -0.4 is 15.8 Å². The number of amides is 2. The van der Waals surface area contributed by atoms with Crippen molar-refractivity contribution in [1.82, 2.24) is 14.7 Å². The molecular formula is C31H27ClN4O6. The molecule has 3 aliphatic rings. The fourth-order valence-corrected chi connectivity index (χ4v) is 6.52. The molecule has 42 heavy (non-hydrogen) atoms. The third kappa shape index (κ3) is 3.61. The minimum absolute atomic E-state index is 0.0236. The fraction of sp³-hybridized carbons (Fsp3) is 0.258. The quantitative estimate of drug-likeness (QED) is 0.274. The largest absolute Gasteiger partial charge is 0.507 e. The molecule has 1 atom stereocenters. The van der Waals surface area contributed by atoms with Crippen LogP contribution >= 0.6 is 11.6 Å². The highest BCUT2D eigenvalue weighted by Crippen LogP contribution is 2.52. The van der Waals surface area contributed by atoms with Crippen LogP contribution in [0.1, 0.15) is 37.9 Å². The van der Waals surface area contributed by atoms with E-state index in [2.05, 4.69) is 5.32 Å². The van der Waals surface area contributed by atoms with Crippen molar-refractivity contribution in [2.24, 2.45) is 12.5 Å². The Morgan fingerprint density at radius 2 is 1.60 bits per heavy atom. The molecule has 214 valence electrons. The van der Waals surface area contributed by atoms with Gasteiger partial charge in [0.15, 0.2) is 11.3 Å². The first-order valence-electron chi connectivity index (χ1n) is 13.3. The van der Waals surface area contributed by atoms with E-state index in [0.29, 0.717) is 10.7 Å². The van der Waals surface area contributed by atoms with Gasteiger partial charge in [-0.25, -0.2) is 4.68 Å². The van der Waals surface area contributed by atoms with E-state index in [9.17, 15) is 29.1 Å².